The minimum absolute atomic E-state index is 0.342. The lowest BCUT2D eigenvalue weighted by atomic mass is 10.3. The Morgan fingerprint density at radius 2 is 2.21 bits per heavy atom. The molecule has 3 heteroatoms. The average molecular weight is 195 g/mol. The molecule has 0 spiro atoms. The minimum atomic E-state index is -0.382. The molecule has 0 heterocycles. The lowest BCUT2D eigenvalue weighted by Crippen LogP contribution is -2.04. The van der Waals surface area contributed by atoms with Crippen LogP contribution >= 0.6 is 0 Å². The Morgan fingerprint density at radius 1 is 1.50 bits per heavy atom. The van der Waals surface area contributed by atoms with Crippen molar-refractivity contribution in [2.45, 2.75) is 20.3 Å². The predicted molar refractivity (Wildman–Crippen MR) is 58.6 cm³/mol. The van der Waals surface area contributed by atoms with Gasteiger partial charge in [0.05, 0.1) is 12.2 Å². The molecule has 0 N–H and O–H groups in total. The molecule has 0 aromatic heterocycles. The molecule has 0 aliphatic heterocycles. The van der Waals surface area contributed by atoms with Crippen molar-refractivity contribution in [3.05, 3.63) is 24.3 Å². The van der Waals surface area contributed by atoms with Crippen LogP contribution in [0.5, 0.6) is 0 Å². The van der Waals surface area contributed by atoms with Crippen molar-refractivity contribution < 1.29 is 9.53 Å². The lowest BCUT2D eigenvalue weighted by Gasteiger charge is -1.98. The van der Waals surface area contributed by atoms with Gasteiger partial charge in [0, 0.05) is 12.8 Å². The maximum absolute atomic E-state index is 11.0. The number of ether oxygens (including phenoxy) is 1. The number of carbonyl (C=O) groups excluding carboxylic acids is 1. The van der Waals surface area contributed by atoms with Crippen LogP contribution in [0.2, 0.25) is 0 Å². The Balaban J connectivity index is 3.87. The van der Waals surface area contributed by atoms with Crippen LogP contribution in [0.15, 0.2) is 29.3 Å². The highest BCUT2D eigenvalue weighted by molar-refractivity contribution is 5.92. The molecule has 3 nitrogen and oxygen atoms in total. The van der Waals surface area contributed by atoms with Crippen LogP contribution in [0.1, 0.15) is 20.3 Å². The summed E-state index contributed by atoms with van der Waals surface area (Å²) in [7, 11) is 0. The van der Waals surface area contributed by atoms with Crippen molar-refractivity contribution in [2.24, 2.45) is 4.99 Å². The maximum Gasteiger partial charge on any atom is 0.337 e. The molecule has 0 rings (SSSR count). The second-order valence-electron chi connectivity index (χ2n) is 2.66. The summed E-state index contributed by atoms with van der Waals surface area (Å²) in [5.74, 6) is -0.382. The zero-order valence-electron chi connectivity index (χ0n) is 8.82. The zero-order valence-corrected chi connectivity index (χ0v) is 8.82. The molecule has 78 valence electrons. The third-order valence-corrected chi connectivity index (χ3v) is 1.38. The SMILES string of the molecule is C=C(/C=C\C=N\CCC)C(=O)OCC. The van der Waals surface area contributed by atoms with E-state index >= 15 is 0 Å². The van der Waals surface area contributed by atoms with Gasteiger partial charge in [-0.1, -0.05) is 13.5 Å². The fourth-order valence-corrected chi connectivity index (χ4v) is 0.716. The summed E-state index contributed by atoms with van der Waals surface area (Å²) in [4.78, 5) is 15.1. The largest absolute Gasteiger partial charge is 0.462 e. The number of allylic oxidation sites excluding steroid dienone is 1. The monoisotopic (exact) mass is 195 g/mol. The number of nitrogens with zero attached hydrogens (tertiary/aromatic N) is 1. The molecule has 0 fully saturated rings. The standard InChI is InChI=1S/C11H17NO2/c1-4-8-12-9-6-7-10(3)11(13)14-5-2/h6-7,9H,3-5,8H2,1-2H3/b7-6-,12-9+. The van der Waals surface area contributed by atoms with Gasteiger partial charge < -0.3 is 4.74 Å². The van der Waals surface area contributed by atoms with E-state index in [1.807, 2.05) is 0 Å². The van der Waals surface area contributed by atoms with Crippen molar-refractivity contribution in [2.75, 3.05) is 13.2 Å². The second-order valence-corrected chi connectivity index (χ2v) is 2.66. The van der Waals surface area contributed by atoms with Crippen molar-refractivity contribution >= 4 is 12.2 Å². The van der Waals surface area contributed by atoms with E-state index in [2.05, 4.69) is 18.5 Å². The molecule has 0 amide bonds. The average Bonchev–Trinajstić information content (AvgIpc) is 2.17. The summed E-state index contributed by atoms with van der Waals surface area (Å²) in [6.45, 7) is 8.56. The first-order valence-corrected chi connectivity index (χ1v) is 4.74. The molecule has 0 atom stereocenters. The topological polar surface area (TPSA) is 38.7 Å². The Morgan fingerprint density at radius 3 is 2.79 bits per heavy atom. The molecule has 0 radical (unpaired) electrons. The fraction of sp³-hybridized carbons (Fsp3) is 0.455. The van der Waals surface area contributed by atoms with Gasteiger partial charge in [0.15, 0.2) is 0 Å². The fourth-order valence-electron chi connectivity index (χ4n) is 0.716. The Labute approximate surface area is 85.2 Å². The molecule has 0 saturated carbocycles. The van der Waals surface area contributed by atoms with Crippen LogP contribution in [0.25, 0.3) is 0 Å². The van der Waals surface area contributed by atoms with E-state index in [1.54, 1.807) is 25.3 Å². The number of hydrogen-bond donors (Lipinski definition) is 0. The molecule has 0 saturated heterocycles. The zero-order chi connectivity index (χ0) is 10.8. The number of hydrogen-bond acceptors (Lipinski definition) is 3. The van der Waals surface area contributed by atoms with Crippen molar-refractivity contribution in [3.8, 4) is 0 Å². The minimum Gasteiger partial charge on any atom is -0.462 e. The molecular formula is C11H17NO2. The lowest BCUT2D eigenvalue weighted by molar-refractivity contribution is -0.138. The van der Waals surface area contributed by atoms with E-state index in [0.29, 0.717) is 12.2 Å². The van der Waals surface area contributed by atoms with Crippen molar-refractivity contribution in [1.29, 1.82) is 0 Å². The quantitative estimate of drug-likeness (QED) is 0.282. The maximum atomic E-state index is 11.0. The van der Waals surface area contributed by atoms with Crippen LogP contribution in [-0.4, -0.2) is 25.3 Å². The number of aliphatic imine (C=N–C) groups is 1. The number of carbonyl (C=O) groups is 1. The van der Waals surface area contributed by atoms with Gasteiger partial charge in [0.2, 0.25) is 0 Å². The summed E-state index contributed by atoms with van der Waals surface area (Å²) >= 11 is 0. The number of rotatable bonds is 6. The summed E-state index contributed by atoms with van der Waals surface area (Å²) in [6, 6.07) is 0. The van der Waals surface area contributed by atoms with E-state index in [1.165, 1.54) is 0 Å². The predicted octanol–water partition coefficient (Wildman–Crippen LogP) is 2.14. The molecule has 14 heavy (non-hydrogen) atoms. The Kier molecular flexibility index (Phi) is 7.42. The molecule has 0 bridgehead atoms. The third kappa shape index (κ3) is 6.17. The van der Waals surface area contributed by atoms with Crippen LogP contribution in [-0.2, 0) is 9.53 Å². The summed E-state index contributed by atoms with van der Waals surface area (Å²) < 4.78 is 4.75. The van der Waals surface area contributed by atoms with Gasteiger partial charge in [-0.25, -0.2) is 4.79 Å². The van der Waals surface area contributed by atoms with E-state index in [-0.39, 0.29) is 5.97 Å². The van der Waals surface area contributed by atoms with E-state index in [0.717, 1.165) is 13.0 Å². The van der Waals surface area contributed by atoms with E-state index in [4.69, 9.17) is 4.74 Å². The van der Waals surface area contributed by atoms with Crippen LogP contribution in [0.4, 0.5) is 0 Å². The highest BCUT2D eigenvalue weighted by Crippen LogP contribution is 1.95. The van der Waals surface area contributed by atoms with Gasteiger partial charge in [0.25, 0.3) is 0 Å². The van der Waals surface area contributed by atoms with Crippen molar-refractivity contribution in [1.82, 2.24) is 0 Å². The van der Waals surface area contributed by atoms with Gasteiger partial charge in [-0.15, -0.1) is 0 Å². The first-order valence-electron chi connectivity index (χ1n) is 4.74. The molecule has 0 aliphatic carbocycles. The summed E-state index contributed by atoms with van der Waals surface area (Å²) in [5.41, 5.74) is 0.342. The normalized spacial score (nSPS) is 11.0. The van der Waals surface area contributed by atoms with E-state index < -0.39 is 0 Å². The van der Waals surface area contributed by atoms with Gasteiger partial charge >= 0.3 is 5.97 Å². The first kappa shape index (κ1) is 12.6. The molecule has 0 aliphatic rings. The highest BCUT2D eigenvalue weighted by Gasteiger charge is 2.01. The number of esters is 1. The Bertz CT molecular complexity index is 242. The van der Waals surface area contributed by atoms with Gasteiger partial charge in [-0.2, -0.15) is 0 Å². The molecule has 0 aromatic rings. The van der Waals surface area contributed by atoms with Crippen LogP contribution in [0, 0.1) is 0 Å². The third-order valence-electron chi connectivity index (χ3n) is 1.38. The first-order chi connectivity index (χ1) is 6.72. The molecule has 0 unspecified atom stereocenters. The van der Waals surface area contributed by atoms with Crippen LogP contribution in [0.3, 0.4) is 0 Å². The van der Waals surface area contributed by atoms with Crippen LogP contribution < -0.4 is 0 Å². The molecule has 0 aromatic carbocycles. The summed E-state index contributed by atoms with van der Waals surface area (Å²) in [6.07, 6.45) is 5.96. The smallest absolute Gasteiger partial charge is 0.337 e. The van der Waals surface area contributed by atoms with Crippen molar-refractivity contribution in [3.63, 3.8) is 0 Å². The Hall–Kier alpha value is -1.38. The molecular weight excluding hydrogens is 178 g/mol. The summed E-state index contributed by atoms with van der Waals surface area (Å²) in [5, 5.41) is 0. The van der Waals surface area contributed by atoms with Gasteiger partial charge in [-0.05, 0) is 25.5 Å². The highest BCUT2D eigenvalue weighted by atomic mass is 16.5. The van der Waals surface area contributed by atoms with Gasteiger partial charge in [0.1, 0.15) is 0 Å². The second kappa shape index (κ2) is 8.23. The van der Waals surface area contributed by atoms with E-state index in [9.17, 15) is 4.79 Å². The van der Waals surface area contributed by atoms with Gasteiger partial charge in [-0.3, -0.25) is 4.99 Å².